The van der Waals surface area contributed by atoms with Gasteiger partial charge in [-0.15, -0.1) is 0 Å². The largest absolute Gasteiger partial charge is 0.307 e. The summed E-state index contributed by atoms with van der Waals surface area (Å²) in [5.74, 6) is 0. The molecule has 0 bridgehead atoms. The number of rotatable bonds is 5. The molecular weight excluding hydrogens is 781 g/mol. The molecule has 0 N–H and O–H groups in total. The van der Waals surface area contributed by atoms with Crippen LogP contribution in [-0.2, 0) is 0 Å². The molecule has 0 aliphatic heterocycles. The molecule has 0 atom stereocenters. The molecule has 294 valence electrons. The number of hydrogen-bond donors (Lipinski definition) is 0. The minimum absolute atomic E-state index is 0.526. The molecule has 14 rings (SSSR count). The van der Waals surface area contributed by atoms with E-state index in [9.17, 15) is 5.26 Å². The Hall–Kier alpha value is -8.92. The van der Waals surface area contributed by atoms with Gasteiger partial charge in [-0.05, 0) is 62.5 Å². The third-order valence-corrected chi connectivity index (χ3v) is 13.4. The monoisotopic (exact) mass is 812 g/mol. The van der Waals surface area contributed by atoms with Gasteiger partial charge in [-0.1, -0.05) is 152 Å². The summed E-state index contributed by atoms with van der Waals surface area (Å²) in [5.41, 5.74) is 13.5. The van der Waals surface area contributed by atoms with Crippen molar-refractivity contribution in [2.45, 2.75) is 0 Å². The van der Waals surface area contributed by atoms with Crippen molar-refractivity contribution in [1.29, 1.82) is 5.26 Å². The van der Waals surface area contributed by atoms with Gasteiger partial charge in [0.1, 0.15) is 17.3 Å². The molecule has 0 radical (unpaired) electrons. The van der Waals surface area contributed by atoms with Crippen molar-refractivity contribution in [3.8, 4) is 50.8 Å². The van der Waals surface area contributed by atoms with Crippen LogP contribution in [0.2, 0.25) is 0 Å². The van der Waals surface area contributed by atoms with Crippen molar-refractivity contribution in [2.24, 2.45) is 0 Å². The zero-order valence-corrected chi connectivity index (χ0v) is 34.2. The van der Waals surface area contributed by atoms with E-state index in [0.29, 0.717) is 5.56 Å². The van der Waals surface area contributed by atoms with Crippen LogP contribution in [0.15, 0.2) is 195 Å². The van der Waals surface area contributed by atoms with Crippen molar-refractivity contribution in [3.63, 3.8) is 0 Å². The van der Waals surface area contributed by atoms with Gasteiger partial charge in [0.25, 0.3) is 0 Å². The van der Waals surface area contributed by atoms with Crippen LogP contribution in [0.25, 0.3) is 132 Å². The number of nitriles is 1. The number of nitrogens with zero attached hydrogens (tertiary/aromatic N) is 6. The molecule has 14 aromatic rings. The van der Waals surface area contributed by atoms with Gasteiger partial charge >= 0.3 is 0 Å². The van der Waals surface area contributed by atoms with Crippen LogP contribution >= 0.6 is 0 Å². The molecule has 0 saturated carbocycles. The number of aromatic nitrogens is 5. The Labute approximate surface area is 365 Å². The maximum absolute atomic E-state index is 12.3. The first-order valence-electron chi connectivity index (χ1n) is 21.5. The Morgan fingerprint density at radius 2 is 0.781 bits per heavy atom. The molecular formula is C58H32N6. The van der Waals surface area contributed by atoms with E-state index < -0.39 is 0 Å². The Kier molecular flexibility index (Phi) is 7.08. The Balaban J connectivity index is 1.30. The summed E-state index contributed by atoms with van der Waals surface area (Å²) in [6.07, 6.45) is 5.73. The maximum atomic E-state index is 12.3. The van der Waals surface area contributed by atoms with Gasteiger partial charge in [-0.25, -0.2) is 4.98 Å². The first-order valence-corrected chi connectivity index (χ1v) is 21.5. The minimum Gasteiger partial charge on any atom is -0.307 e. The molecule has 0 unspecified atom stereocenters. The van der Waals surface area contributed by atoms with Crippen LogP contribution in [0.5, 0.6) is 0 Å². The highest BCUT2D eigenvalue weighted by atomic mass is 15.1. The second-order valence-electron chi connectivity index (χ2n) is 16.5. The predicted octanol–water partition coefficient (Wildman–Crippen LogP) is 14.4. The van der Waals surface area contributed by atoms with Crippen molar-refractivity contribution in [2.75, 3.05) is 0 Å². The van der Waals surface area contributed by atoms with Gasteiger partial charge in [0.05, 0.1) is 39.0 Å². The number of fused-ring (bicyclic) bond motifs is 6. The van der Waals surface area contributed by atoms with Crippen LogP contribution in [0.4, 0.5) is 0 Å². The van der Waals surface area contributed by atoms with E-state index in [2.05, 4.69) is 191 Å². The molecule has 0 aliphatic rings. The van der Waals surface area contributed by atoms with Gasteiger partial charge in [0, 0.05) is 67.6 Å². The van der Waals surface area contributed by atoms with Crippen molar-refractivity contribution in [1.82, 2.24) is 24.1 Å². The molecule has 0 spiro atoms. The summed E-state index contributed by atoms with van der Waals surface area (Å²) in [6, 6.07) is 64.7. The highest BCUT2D eigenvalue weighted by molar-refractivity contribution is 6.35. The Morgan fingerprint density at radius 1 is 0.344 bits per heavy atom. The SMILES string of the molecule is N#Cc1c(-n2c3ccnc4c5ccccc5c5nccc2c5c43)c(-c2ccccc2)c(-c2ccccc2)c(-c2ccccc2)c1-n1c2cccc3c4ccccc4c4ccnc1c4c32. The molecule has 0 aliphatic carbocycles. The Bertz CT molecular complexity index is 3820. The van der Waals surface area contributed by atoms with Crippen LogP contribution in [0, 0.1) is 11.3 Å². The zero-order valence-electron chi connectivity index (χ0n) is 34.2. The molecule has 0 fully saturated rings. The lowest BCUT2D eigenvalue weighted by molar-refractivity contribution is 1.10. The zero-order chi connectivity index (χ0) is 42.0. The average Bonchev–Trinajstić information content (AvgIpc) is 3.89. The fourth-order valence-electron chi connectivity index (χ4n) is 11.0. The van der Waals surface area contributed by atoms with Crippen molar-refractivity contribution < 1.29 is 0 Å². The fourth-order valence-corrected chi connectivity index (χ4v) is 11.0. The summed E-state index contributed by atoms with van der Waals surface area (Å²) in [6.45, 7) is 0. The van der Waals surface area contributed by atoms with Gasteiger partial charge < -0.3 is 4.57 Å². The fraction of sp³-hybridized carbons (Fsp3) is 0. The molecule has 6 heteroatoms. The van der Waals surface area contributed by atoms with E-state index in [1.807, 2.05) is 18.6 Å². The van der Waals surface area contributed by atoms with E-state index in [-0.39, 0.29) is 0 Å². The smallest absolute Gasteiger partial charge is 0.146 e. The molecule has 9 aromatic carbocycles. The lowest BCUT2D eigenvalue weighted by Gasteiger charge is -2.27. The highest BCUT2D eigenvalue weighted by Gasteiger charge is 2.33. The summed E-state index contributed by atoms with van der Waals surface area (Å²) in [4.78, 5) is 15.4. The quantitative estimate of drug-likeness (QED) is 0.162. The van der Waals surface area contributed by atoms with Crippen LogP contribution in [-0.4, -0.2) is 24.1 Å². The summed E-state index contributed by atoms with van der Waals surface area (Å²) in [7, 11) is 0. The first-order chi connectivity index (χ1) is 31.8. The molecule has 64 heavy (non-hydrogen) atoms. The minimum atomic E-state index is 0.526. The second-order valence-corrected chi connectivity index (χ2v) is 16.5. The summed E-state index contributed by atoms with van der Waals surface area (Å²) >= 11 is 0. The van der Waals surface area contributed by atoms with E-state index >= 15 is 0 Å². The van der Waals surface area contributed by atoms with E-state index in [4.69, 9.17) is 15.0 Å². The van der Waals surface area contributed by atoms with Gasteiger partial charge in [-0.3, -0.25) is 14.5 Å². The van der Waals surface area contributed by atoms with E-state index in [0.717, 1.165) is 121 Å². The van der Waals surface area contributed by atoms with Gasteiger partial charge in [-0.2, -0.15) is 5.26 Å². The maximum Gasteiger partial charge on any atom is 0.146 e. The molecule has 0 saturated heterocycles. The highest BCUT2D eigenvalue weighted by Crippen LogP contribution is 2.54. The molecule has 5 aromatic heterocycles. The lowest BCUT2D eigenvalue weighted by Crippen LogP contribution is -2.11. The normalized spacial score (nSPS) is 12.0. The number of pyridine rings is 3. The van der Waals surface area contributed by atoms with E-state index in [1.165, 1.54) is 10.8 Å². The lowest BCUT2D eigenvalue weighted by atomic mass is 9.82. The third-order valence-electron chi connectivity index (χ3n) is 13.4. The third kappa shape index (κ3) is 4.49. The number of hydrogen-bond acceptors (Lipinski definition) is 4. The predicted molar refractivity (Wildman–Crippen MR) is 262 cm³/mol. The van der Waals surface area contributed by atoms with Crippen LogP contribution in [0.1, 0.15) is 5.56 Å². The number of benzene rings is 9. The molecule has 0 amide bonds. The van der Waals surface area contributed by atoms with Crippen LogP contribution in [0.3, 0.4) is 0 Å². The average molecular weight is 813 g/mol. The van der Waals surface area contributed by atoms with Crippen molar-refractivity contribution in [3.05, 3.63) is 200 Å². The standard InChI is InChI=1S/C58H32N6/c59-33-43-56(63-45-28-31-60-54-41-23-12-13-24-42(41)55-53(52(45)54)46(63)29-32-61-55)48(35-17-6-2-7-18-35)47(34-15-4-1-5-16-34)49(36-19-8-3-9-20-36)57(43)64-44-26-14-25-39-37-21-10-11-22-38(37)40-27-30-62-58(64)51(40)50(39)44/h1-32H. The topological polar surface area (TPSA) is 72.3 Å². The first kappa shape index (κ1) is 34.8. The Morgan fingerprint density at radius 3 is 1.33 bits per heavy atom. The van der Waals surface area contributed by atoms with Gasteiger partial charge in [0.15, 0.2) is 0 Å². The summed E-state index contributed by atoms with van der Waals surface area (Å²) in [5, 5.41) is 23.3. The van der Waals surface area contributed by atoms with Gasteiger partial charge in [0.2, 0.25) is 0 Å². The molecule has 5 heterocycles. The molecule has 6 nitrogen and oxygen atoms in total. The summed E-state index contributed by atoms with van der Waals surface area (Å²) < 4.78 is 4.61. The second kappa shape index (κ2) is 13.0. The van der Waals surface area contributed by atoms with Crippen molar-refractivity contribution >= 4 is 87.1 Å². The van der Waals surface area contributed by atoms with E-state index in [1.54, 1.807) is 0 Å². The van der Waals surface area contributed by atoms with Crippen LogP contribution < -0.4 is 0 Å².